The van der Waals surface area contributed by atoms with E-state index < -0.39 is 0 Å². The van der Waals surface area contributed by atoms with Crippen molar-refractivity contribution < 1.29 is 9.53 Å². The molecule has 0 radical (unpaired) electrons. The van der Waals surface area contributed by atoms with Gasteiger partial charge in [-0.25, -0.2) is 0 Å². The highest BCUT2D eigenvalue weighted by Crippen LogP contribution is 2.37. The van der Waals surface area contributed by atoms with Gasteiger partial charge in [0, 0.05) is 29.1 Å². The predicted molar refractivity (Wildman–Crippen MR) is 98.4 cm³/mol. The summed E-state index contributed by atoms with van der Waals surface area (Å²) >= 11 is 0. The SMILES string of the molecule is CCc1cc(C(=O)N(c2ccc(OC)cc2)C(C)C2CC2)cc(=O)[nH]1. The molecule has 5 heteroatoms. The molecule has 1 heterocycles. The van der Waals surface area contributed by atoms with Gasteiger partial charge in [-0.3, -0.25) is 9.59 Å². The quantitative estimate of drug-likeness (QED) is 0.877. The van der Waals surface area contributed by atoms with E-state index in [2.05, 4.69) is 11.9 Å². The Morgan fingerprint density at radius 1 is 1.28 bits per heavy atom. The number of methoxy groups -OCH3 is 1. The minimum absolute atomic E-state index is 0.0882. The van der Waals surface area contributed by atoms with Crippen LogP contribution in [-0.4, -0.2) is 24.0 Å². The van der Waals surface area contributed by atoms with Crippen LogP contribution in [0.4, 0.5) is 5.69 Å². The van der Waals surface area contributed by atoms with Crippen LogP contribution < -0.4 is 15.2 Å². The number of ether oxygens (including phenoxy) is 1. The standard InChI is InChI=1S/C20H24N2O3/c1-4-16-11-15(12-19(23)21-16)20(24)22(13(2)14-5-6-14)17-7-9-18(25-3)10-8-17/h7-14H,4-6H2,1-3H3,(H,21,23). The molecule has 25 heavy (non-hydrogen) atoms. The van der Waals surface area contributed by atoms with Gasteiger partial charge in [0.15, 0.2) is 0 Å². The highest BCUT2D eigenvalue weighted by molar-refractivity contribution is 6.06. The molecule has 132 valence electrons. The molecule has 2 aromatic rings. The molecule has 1 aliphatic rings. The molecule has 5 nitrogen and oxygen atoms in total. The number of hydrogen-bond acceptors (Lipinski definition) is 3. The number of carbonyl (C=O) groups excluding carboxylic acids is 1. The smallest absolute Gasteiger partial charge is 0.258 e. The highest BCUT2D eigenvalue weighted by Gasteiger charge is 2.35. The van der Waals surface area contributed by atoms with Gasteiger partial charge < -0.3 is 14.6 Å². The lowest BCUT2D eigenvalue weighted by Crippen LogP contribution is -2.40. The number of hydrogen-bond donors (Lipinski definition) is 1. The zero-order chi connectivity index (χ0) is 18.0. The molecule has 1 atom stereocenters. The Kier molecular flexibility index (Phi) is 4.93. The minimum atomic E-state index is -0.239. The molecular formula is C20H24N2O3. The molecular weight excluding hydrogens is 316 g/mol. The number of carbonyl (C=O) groups is 1. The van der Waals surface area contributed by atoms with E-state index in [9.17, 15) is 9.59 Å². The zero-order valence-electron chi connectivity index (χ0n) is 14.9. The van der Waals surface area contributed by atoms with Crippen LogP contribution in [0.5, 0.6) is 5.75 Å². The second-order valence-electron chi connectivity index (χ2n) is 6.56. The van der Waals surface area contributed by atoms with Gasteiger partial charge in [0.25, 0.3) is 5.91 Å². The van der Waals surface area contributed by atoms with Crippen molar-refractivity contribution in [2.24, 2.45) is 5.92 Å². The molecule has 1 aromatic heterocycles. The number of nitrogens with zero attached hydrogens (tertiary/aromatic N) is 1. The lowest BCUT2D eigenvalue weighted by atomic mass is 10.1. The van der Waals surface area contributed by atoms with E-state index >= 15 is 0 Å². The van der Waals surface area contributed by atoms with Crippen molar-refractivity contribution in [3.8, 4) is 5.75 Å². The molecule has 3 rings (SSSR count). The van der Waals surface area contributed by atoms with Crippen LogP contribution in [0.3, 0.4) is 0 Å². The van der Waals surface area contributed by atoms with Crippen molar-refractivity contribution >= 4 is 11.6 Å². The minimum Gasteiger partial charge on any atom is -0.497 e. The number of H-pyrrole nitrogens is 1. The number of anilines is 1. The predicted octanol–water partition coefficient (Wildman–Crippen LogP) is 3.39. The van der Waals surface area contributed by atoms with E-state index in [1.165, 1.54) is 6.07 Å². The summed E-state index contributed by atoms with van der Waals surface area (Å²) in [6.45, 7) is 4.03. The van der Waals surface area contributed by atoms with Crippen molar-refractivity contribution in [3.05, 3.63) is 58.0 Å². The lowest BCUT2D eigenvalue weighted by Gasteiger charge is -2.30. The molecule has 1 unspecified atom stereocenters. The maximum atomic E-state index is 13.2. The molecule has 0 saturated heterocycles. The summed E-state index contributed by atoms with van der Waals surface area (Å²) in [6.07, 6.45) is 2.95. The normalized spacial score (nSPS) is 14.8. The van der Waals surface area contributed by atoms with Crippen LogP contribution >= 0.6 is 0 Å². The molecule has 1 fully saturated rings. The van der Waals surface area contributed by atoms with Gasteiger partial charge in [0.1, 0.15) is 5.75 Å². The Bertz CT molecular complexity index is 806. The first kappa shape index (κ1) is 17.3. The fraction of sp³-hybridized carbons (Fsp3) is 0.400. The van der Waals surface area contributed by atoms with Crippen molar-refractivity contribution in [1.82, 2.24) is 4.98 Å². The van der Waals surface area contributed by atoms with Gasteiger partial charge in [-0.15, -0.1) is 0 Å². The molecule has 1 N–H and O–H groups in total. The van der Waals surface area contributed by atoms with Gasteiger partial charge >= 0.3 is 0 Å². The van der Waals surface area contributed by atoms with Gasteiger partial charge in [-0.05, 0) is 62.4 Å². The summed E-state index contributed by atoms with van der Waals surface area (Å²) in [5, 5.41) is 0. The number of benzene rings is 1. The number of aromatic amines is 1. The summed E-state index contributed by atoms with van der Waals surface area (Å²) < 4.78 is 5.21. The number of aromatic nitrogens is 1. The summed E-state index contributed by atoms with van der Waals surface area (Å²) in [4.78, 5) is 29.7. The molecule has 0 bridgehead atoms. The molecule has 1 amide bonds. The van der Waals surface area contributed by atoms with Gasteiger partial charge in [-0.2, -0.15) is 0 Å². The Morgan fingerprint density at radius 2 is 1.96 bits per heavy atom. The van der Waals surface area contributed by atoms with Crippen LogP contribution in [0.2, 0.25) is 0 Å². The number of nitrogens with one attached hydrogen (secondary N) is 1. The Hall–Kier alpha value is -2.56. The lowest BCUT2D eigenvalue weighted by molar-refractivity contribution is 0.0975. The molecule has 1 saturated carbocycles. The fourth-order valence-corrected chi connectivity index (χ4v) is 3.12. The van der Waals surface area contributed by atoms with E-state index in [1.807, 2.05) is 36.1 Å². The largest absolute Gasteiger partial charge is 0.497 e. The van der Waals surface area contributed by atoms with E-state index in [1.54, 1.807) is 13.2 Å². The second kappa shape index (κ2) is 7.13. The van der Waals surface area contributed by atoms with E-state index in [-0.39, 0.29) is 17.5 Å². The van der Waals surface area contributed by atoms with E-state index in [0.717, 1.165) is 30.0 Å². The second-order valence-corrected chi connectivity index (χ2v) is 6.56. The first-order valence-corrected chi connectivity index (χ1v) is 8.74. The van der Waals surface area contributed by atoms with Crippen LogP contribution in [0, 0.1) is 5.92 Å². The average Bonchev–Trinajstić information content (AvgIpc) is 3.47. The monoisotopic (exact) mass is 340 g/mol. The topological polar surface area (TPSA) is 62.4 Å². The number of aryl methyl sites for hydroxylation is 1. The maximum Gasteiger partial charge on any atom is 0.258 e. The Balaban J connectivity index is 1.99. The van der Waals surface area contributed by atoms with Gasteiger partial charge in [0.2, 0.25) is 5.56 Å². The summed E-state index contributed by atoms with van der Waals surface area (Å²) in [5.74, 6) is 1.13. The Labute approximate surface area is 147 Å². The van der Waals surface area contributed by atoms with Crippen LogP contribution in [0.1, 0.15) is 42.7 Å². The summed E-state index contributed by atoms with van der Waals surface area (Å²) in [5.41, 5.74) is 1.79. The van der Waals surface area contributed by atoms with Crippen molar-refractivity contribution in [3.63, 3.8) is 0 Å². The molecule has 1 aromatic carbocycles. The van der Waals surface area contributed by atoms with E-state index in [4.69, 9.17) is 4.74 Å². The number of rotatable bonds is 6. The third kappa shape index (κ3) is 3.76. The number of amides is 1. The highest BCUT2D eigenvalue weighted by atomic mass is 16.5. The molecule has 0 aliphatic heterocycles. The first-order chi connectivity index (χ1) is 12.0. The third-order valence-electron chi connectivity index (χ3n) is 4.81. The van der Waals surface area contributed by atoms with E-state index in [0.29, 0.717) is 17.9 Å². The van der Waals surface area contributed by atoms with Crippen molar-refractivity contribution in [2.45, 2.75) is 39.2 Å². The van der Waals surface area contributed by atoms with Crippen LogP contribution in [0.15, 0.2) is 41.2 Å². The average molecular weight is 340 g/mol. The fourth-order valence-electron chi connectivity index (χ4n) is 3.12. The first-order valence-electron chi connectivity index (χ1n) is 8.74. The van der Waals surface area contributed by atoms with Gasteiger partial charge in [0.05, 0.1) is 7.11 Å². The Morgan fingerprint density at radius 3 is 2.52 bits per heavy atom. The van der Waals surface area contributed by atoms with Crippen molar-refractivity contribution in [1.29, 1.82) is 0 Å². The molecule has 1 aliphatic carbocycles. The summed E-state index contributed by atoms with van der Waals surface area (Å²) in [7, 11) is 1.62. The number of pyridine rings is 1. The molecule has 0 spiro atoms. The van der Waals surface area contributed by atoms with Crippen molar-refractivity contribution in [2.75, 3.05) is 12.0 Å². The third-order valence-corrected chi connectivity index (χ3v) is 4.81. The summed E-state index contributed by atoms with van der Waals surface area (Å²) in [6, 6.07) is 10.7. The van der Waals surface area contributed by atoms with Gasteiger partial charge in [-0.1, -0.05) is 6.92 Å². The van der Waals surface area contributed by atoms with Crippen LogP contribution in [-0.2, 0) is 6.42 Å². The van der Waals surface area contributed by atoms with Crippen LogP contribution in [0.25, 0.3) is 0 Å². The zero-order valence-corrected chi connectivity index (χ0v) is 14.9. The maximum absolute atomic E-state index is 13.2.